The van der Waals surface area contributed by atoms with Gasteiger partial charge in [-0.2, -0.15) is 0 Å². The zero-order chi connectivity index (χ0) is 15.1. The number of nitrogens with zero attached hydrogens (tertiary/aromatic N) is 1. The number of aliphatic carboxylic acids is 1. The molecule has 110 valence electrons. The third-order valence-corrected chi connectivity index (χ3v) is 4.39. The zero-order valence-corrected chi connectivity index (χ0v) is 12.1. The van der Waals surface area contributed by atoms with Crippen molar-refractivity contribution in [3.05, 3.63) is 39.9 Å². The van der Waals surface area contributed by atoms with Crippen LogP contribution in [0.25, 0.3) is 0 Å². The molecular formula is C13H17NO5S. The summed E-state index contributed by atoms with van der Waals surface area (Å²) in [4.78, 5) is 21.4. The highest BCUT2D eigenvalue weighted by atomic mass is 32.2. The number of carboxylic acids is 1. The second-order valence-corrected chi connectivity index (χ2v) is 5.56. The highest BCUT2D eigenvalue weighted by Crippen LogP contribution is 2.34. The minimum atomic E-state index is -0.945. The topological polar surface area (TPSA) is 89.7 Å². The van der Waals surface area contributed by atoms with Gasteiger partial charge in [-0.1, -0.05) is 19.1 Å². The molecule has 1 N–H and O–H groups in total. The van der Waals surface area contributed by atoms with Crippen molar-refractivity contribution in [3.63, 3.8) is 0 Å². The van der Waals surface area contributed by atoms with Gasteiger partial charge in [-0.25, -0.2) is 0 Å². The van der Waals surface area contributed by atoms with Gasteiger partial charge in [0.15, 0.2) is 0 Å². The normalized spacial score (nSPS) is 13.5. The Balaban J connectivity index is 2.92. The van der Waals surface area contributed by atoms with Crippen LogP contribution in [0.4, 0.5) is 0 Å². The molecule has 6 nitrogen and oxygen atoms in total. The van der Waals surface area contributed by atoms with Gasteiger partial charge in [-0.15, -0.1) is 11.8 Å². The van der Waals surface area contributed by atoms with Gasteiger partial charge in [0.25, 0.3) is 0 Å². The summed E-state index contributed by atoms with van der Waals surface area (Å²) >= 11 is 1.11. The van der Waals surface area contributed by atoms with Crippen LogP contribution in [0.1, 0.15) is 24.2 Å². The van der Waals surface area contributed by atoms with Crippen LogP contribution < -0.4 is 4.74 Å². The molecule has 0 fully saturated rings. The Hall–Kier alpha value is -1.76. The summed E-state index contributed by atoms with van der Waals surface area (Å²) in [6.45, 7) is 1.45. The summed E-state index contributed by atoms with van der Waals surface area (Å²) in [6.07, 6.45) is 0.421. The second kappa shape index (κ2) is 7.74. The summed E-state index contributed by atoms with van der Waals surface area (Å²) in [6, 6.07) is 6.89. The fourth-order valence-corrected chi connectivity index (χ4v) is 2.94. The van der Waals surface area contributed by atoms with E-state index >= 15 is 0 Å². The van der Waals surface area contributed by atoms with Gasteiger partial charge in [0, 0.05) is 4.92 Å². The number of rotatable bonds is 8. The number of thioether (sulfide) groups is 1. The molecule has 0 amide bonds. The molecule has 0 spiro atoms. The van der Waals surface area contributed by atoms with Crippen molar-refractivity contribution >= 4 is 17.7 Å². The first kappa shape index (κ1) is 16.3. The molecule has 0 aliphatic rings. The van der Waals surface area contributed by atoms with E-state index in [-0.39, 0.29) is 6.54 Å². The second-order valence-electron chi connectivity index (χ2n) is 4.15. The summed E-state index contributed by atoms with van der Waals surface area (Å²) in [5.41, 5.74) is 0.729. The molecule has 7 heteroatoms. The van der Waals surface area contributed by atoms with E-state index in [1.165, 1.54) is 7.11 Å². The molecule has 1 rings (SSSR count). The Bertz CT molecular complexity index is 462. The molecule has 0 saturated carbocycles. The van der Waals surface area contributed by atoms with Crippen LogP contribution in [-0.4, -0.2) is 34.9 Å². The van der Waals surface area contributed by atoms with Crippen LogP contribution >= 0.6 is 11.8 Å². The number of hydrogen-bond donors (Lipinski definition) is 1. The van der Waals surface area contributed by atoms with E-state index in [0.717, 1.165) is 17.3 Å². The first-order chi connectivity index (χ1) is 9.47. The largest absolute Gasteiger partial charge is 0.497 e. The van der Waals surface area contributed by atoms with Crippen molar-refractivity contribution in [2.24, 2.45) is 0 Å². The van der Waals surface area contributed by atoms with Crippen molar-refractivity contribution in [1.82, 2.24) is 0 Å². The Morgan fingerprint density at radius 2 is 2.05 bits per heavy atom. The first-order valence-corrected chi connectivity index (χ1v) is 7.06. The van der Waals surface area contributed by atoms with Crippen molar-refractivity contribution in [2.45, 2.75) is 23.8 Å². The maximum atomic E-state index is 11.1. The fourth-order valence-electron chi connectivity index (χ4n) is 1.71. The van der Waals surface area contributed by atoms with Crippen molar-refractivity contribution < 1.29 is 19.6 Å². The number of methoxy groups -OCH3 is 1. The van der Waals surface area contributed by atoms with Crippen LogP contribution in [0.2, 0.25) is 0 Å². The number of carbonyl (C=O) groups is 1. The van der Waals surface area contributed by atoms with Gasteiger partial charge in [-0.3, -0.25) is 14.9 Å². The number of hydrogen-bond acceptors (Lipinski definition) is 5. The Morgan fingerprint density at radius 3 is 2.45 bits per heavy atom. The number of carboxylic acid groups (broad SMARTS) is 1. The SMILES string of the molecule is CCC(SC(C[N+](=O)[O-])c1ccc(OC)cc1)C(=O)O. The molecule has 2 atom stereocenters. The molecule has 0 aromatic heterocycles. The van der Waals surface area contributed by atoms with Crippen molar-refractivity contribution in [3.8, 4) is 5.75 Å². The number of ether oxygens (including phenoxy) is 1. The van der Waals surface area contributed by atoms with Gasteiger partial charge < -0.3 is 9.84 Å². The molecule has 0 aliphatic heterocycles. The van der Waals surface area contributed by atoms with E-state index in [1.54, 1.807) is 31.2 Å². The monoisotopic (exact) mass is 299 g/mol. The number of benzene rings is 1. The first-order valence-electron chi connectivity index (χ1n) is 6.12. The van der Waals surface area contributed by atoms with Crippen LogP contribution in [0.3, 0.4) is 0 Å². The summed E-state index contributed by atoms with van der Waals surface area (Å²) in [7, 11) is 1.54. The quantitative estimate of drug-likeness (QED) is 0.586. The predicted molar refractivity (Wildman–Crippen MR) is 76.9 cm³/mol. The van der Waals surface area contributed by atoms with Crippen LogP contribution in [0, 0.1) is 10.1 Å². The van der Waals surface area contributed by atoms with Crippen LogP contribution in [-0.2, 0) is 4.79 Å². The van der Waals surface area contributed by atoms with Crippen molar-refractivity contribution in [1.29, 1.82) is 0 Å². The standard InChI is InChI=1S/C13H17NO5S/c1-3-11(13(15)16)20-12(8-14(17)18)9-4-6-10(19-2)7-5-9/h4-7,11-12H,3,8H2,1-2H3,(H,15,16). The van der Waals surface area contributed by atoms with Gasteiger partial charge >= 0.3 is 5.97 Å². The Labute approximate surface area is 121 Å². The highest BCUT2D eigenvalue weighted by Gasteiger charge is 2.26. The van der Waals surface area contributed by atoms with E-state index in [1.807, 2.05) is 0 Å². The lowest BCUT2D eigenvalue weighted by Crippen LogP contribution is -2.20. The minimum Gasteiger partial charge on any atom is -0.497 e. The van der Waals surface area contributed by atoms with E-state index in [4.69, 9.17) is 9.84 Å². The molecule has 0 bridgehead atoms. The fraction of sp³-hybridized carbons (Fsp3) is 0.462. The zero-order valence-electron chi connectivity index (χ0n) is 11.3. The molecule has 0 radical (unpaired) electrons. The van der Waals surface area contributed by atoms with Gasteiger partial charge in [0.2, 0.25) is 6.54 Å². The lowest BCUT2D eigenvalue weighted by molar-refractivity contribution is -0.479. The van der Waals surface area contributed by atoms with E-state index in [9.17, 15) is 14.9 Å². The van der Waals surface area contributed by atoms with Crippen molar-refractivity contribution in [2.75, 3.05) is 13.7 Å². The molecular weight excluding hydrogens is 282 g/mol. The van der Waals surface area contributed by atoms with Crippen LogP contribution in [0.15, 0.2) is 24.3 Å². The summed E-state index contributed by atoms with van der Waals surface area (Å²) in [5, 5.41) is 18.7. The van der Waals surface area contributed by atoms with Gasteiger partial charge in [0.05, 0.1) is 12.4 Å². The lowest BCUT2D eigenvalue weighted by atomic mass is 10.1. The minimum absolute atomic E-state index is 0.305. The lowest BCUT2D eigenvalue weighted by Gasteiger charge is -2.17. The van der Waals surface area contributed by atoms with E-state index in [2.05, 4.69) is 0 Å². The van der Waals surface area contributed by atoms with Gasteiger partial charge in [-0.05, 0) is 24.1 Å². The molecule has 1 aromatic rings. The third kappa shape index (κ3) is 4.73. The molecule has 0 saturated heterocycles. The summed E-state index contributed by atoms with van der Waals surface area (Å²) in [5.74, 6) is -0.289. The highest BCUT2D eigenvalue weighted by molar-refractivity contribution is 8.00. The molecule has 2 unspecified atom stereocenters. The Morgan fingerprint density at radius 1 is 1.45 bits per heavy atom. The smallest absolute Gasteiger partial charge is 0.316 e. The van der Waals surface area contributed by atoms with Gasteiger partial charge in [0.1, 0.15) is 11.0 Å². The molecule has 0 aliphatic carbocycles. The predicted octanol–water partition coefficient (Wildman–Crippen LogP) is 2.61. The maximum Gasteiger partial charge on any atom is 0.316 e. The molecule has 0 heterocycles. The number of nitro groups is 1. The van der Waals surface area contributed by atoms with E-state index in [0.29, 0.717) is 12.2 Å². The molecule has 1 aromatic carbocycles. The average molecular weight is 299 g/mol. The maximum absolute atomic E-state index is 11.1. The summed E-state index contributed by atoms with van der Waals surface area (Å²) < 4.78 is 5.04. The van der Waals surface area contributed by atoms with E-state index < -0.39 is 21.4 Å². The van der Waals surface area contributed by atoms with Crippen LogP contribution in [0.5, 0.6) is 5.75 Å². The third-order valence-electron chi connectivity index (χ3n) is 2.78. The Kier molecular flexibility index (Phi) is 6.30. The molecule has 20 heavy (non-hydrogen) atoms. The average Bonchev–Trinajstić information content (AvgIpc) is 2.42.